The zero-order chi connectivity index (χ0) is 13.6. The molecule has 8 nitrogen and oxygen atoms in total. The van der Waals surface area contributed by atoms with Gasteiger partial charge < -0.3 is 15.7 Å². The number of carboxylic acid groups (broad SMARTS) is 1. The van der Waals surface area contributed by atoms with Crippen LogP contribution in [0.5, 0.6) is 0 Å². The monoisotopic (exact) mass is 268 g/mol. The summed E-state index contributed by atoms with van der Waals surface area (Å²) in [4.78, 5) is 12.4. The van der Waals surface area contributed by atoms with Gasteiger partial charge in [0.2, 0.25) is 0 Å². The molecular formula is C8H20N4O4S. The maximum atomic E-state index is 11.2. The third kappa shape index (κ3) is 7.23. The predicted octanol–water partition coefficient (Wildman–Crippen LogP) is -2.14. The van der Waals surface area contributed by atoms with E-state index in [2.05, 4.69) is 0 Å². The quantitative estimate of drug-likeness (QED) is 0.460. The lowest BCUT2D eigenvalue weighted by Crippen LogP contribution is -2.48. The van der Waals surface area contributed by atoms with Crippen molar-refractivity contribution in [3.63, 3.8) is 0 Å². The van der Waals surface area contributed by atoms with Crippen molar-refractivity contribution in [1.29, 1.82) is 0 Å². The molecule has 0 amide bonds. The highest BCUT2D eigenvalue weighted by atomic mass is 32.2. The SMILES string of the molecule is CN(C)CCCN(C[C@H](N)C(=O)O)S(N)(=O)=O. The molecule has 0 fully saturated rings. The van der Waals surface area contributed by atoms with Crippen LogP contribution in [0.4, 0.5) is 0 Å². The highest BCUT2D eigenvalue weighted by Gasteiger charge is 2.23. The zero-order valence-electron chi connectivity index (χ0n) is 10.0. The van der Waals surface area contributed by atoms with Crippen LogP contribution < -0.4 is 10.9 Å². The second-order valence-electron chi connectivity index (χ2n) is 4.00. The zero-order valence-corrected chi connectivity index (χ0v) is 10.9. The second kappa shape index (κ2) is 6.87. The molecule has 17 heavy (non-hydrogen) atoms. The summed E-state index contributed by atoms with van der Waals surface area (Å²) in [5.41, 5.74) is 5.27. The summed E-state index contributed by atoms with van der Waals surface area (Å²) in [5, 5.41) is 13.6. The standard InChI is InChI=1S/C8H20N4O4S/c1-11(2)4-3-5-12(17(10,15)16)6-7(9)8(13)14/h7H,3-6,9H2,1-2H3,(H,13,14)(H2,10,15,16)/t7-/m0/s1. The van der Waals surface area contributed by atoms with Gasteiger partial charge in [-0.3, -0.25) is 4.79 Å². The molecule has 102 valence electrons. The molecule has 9 heteroatoms. The minimum atomic E-state index is -3.92. The van der Waals surface area contributed by atoms with Gasteiger partial charge in [-0.15, -0.1) is 0 Å². The van der Waals surface area contributed by atoms with Crippen LogP contribution in [0, 0.1) is 0 Å². The number of carbonyl (C=O) groups is 1. The van der Waals surface area contributed by atoms with Crippen LogP contribution in [0.1, 0.15) is 6.42 Å². The van der Waals surface area contributed by atoms with Crippen molar-refractivity contribution < 1.29 is 18.3 Å². The van der Waals surface area contributed by atoms with E-state index in [9.17, 15) is 13.2 Å². The summed E-state index contributed by atoms with van der Waals surface area (Å²) >= 11 is 0. The molecule has 1 atom stereocenters. The summed E-state index contributed by atoms with van der Waals surface area (Å²) in [7, 11) is -0.217. The predicted molar refractivity (Wildman–Crippen MR) is 63.5 cm³/mol. The molecule has 0 radical (unpaired) electrons. The van der Waals surface area contributed by atoms with E-state index in [1.165, 1.54) is 0 Å². The summed E-state index contributed by atoms with van der Waals surface area (Å²) < 4.78 is 23.3. The Morgan fingerprint density at radius 3 is 2.24 bits per heavy atom. The molecule has 0 aromatic heterocycles. The molecule has 0 unspecified atom stereocenters. The van der Waals surface area contributed by atoms with E-state index >= 15 is 0 Å². The Labute approximate surface area is 101 Å². The van der Waals surface area contributed by atoms with Gasteiger partial charge in [0.15, 0.2) is 0 Å². The molecule has 0 heterocycles. The van der Waals surface area contributed by atoms with E-state index < -0.39 is 22.2 Å². The van der Waals surface area contributed by atoms with Crippen LogP contribution in [0.3, 0.4) is 0 Å². The average Bonchev–Trinajstić information content (AvgIpc) is 2.13. The van der Waals surface area contributed by atoms with Crippen LogP contribution in [0.25, 0.3) is 0 Å². The van der Waals surface area contributed by atoms with Gasteiger partial charge in [0.25, 0.3) is 10.2 Å². The van der Waals surface area contributed by atoms with Gasteiger partial charge in [0.1, 0.15) is 6.04 Å². The molecule has 0 saturated heterocycles. The Kier molecular flexibility index (Phi) is 6.57. The lowest BCUT2D eigenvalue weighted by Gasteiger charge is -2.22. The van der Waals surface area contributed by atoms with Gasteiger partial charge in [0, 0.05) is 13.1 Å². The van der Waals surface area contributed by atoms with Crippen molar-refractivity contribution in [1.82, 2.24) is 9.21 Å². The number of aliphatic carboxylic acids is 1. The van der Waals surface area contributed by atoms with Crippen molar-refractivity contribution in [3.8, 4) is 0 Å². The lowest BCUT2D eigenvalue weighted by atomic mass is 10.3. The molecule has 0 bridgehead atoms. The van der Waals surface area contributed by atoms with Crippen LogP contribution in [-0.2, 0) is 15.0 Å². The summed E-state index contributed by atoms with van der Waals surface area (Å²) in [6.07, 6.45) is 0.551. The minimum Gasteiger partial charge on any atom is -0.480 e. The fourth-order valence-electron chi connectivity index (χ4n) is 1.18. The Balaban J connectivity index is 4.41. The van der Waals surface area contributed by atoms with Crippen LogP contribution >= 0.6 is 0 Å². The molecule has 0 rings (SSSR count). The normalized spacial score (nSPS) is 14.2. The van der Waals surface area contributed by atoms with Crippen LogP contribution in [0.2, 0.25) is 0 Å². The molecular weight excluding hydrogens is 248 g/mol. The van der Waals surface area contributed by atoms with Crippen molar-refractivity contribution in [3.05, 3.63) is 0 Å². The van der Waals surface area contributed by atoms with Gasteiger partial charge in [-0.25, -0.2) is 5.14 Å². The van der Waals surface area contributed by atoms with E-state index in [4.69, 9.17) is 16.0 Å². The number of hydrogen-bond acceptors (Lipinski definition) is 5. The Bertz CT molecular complexity index is 343. The molecule has 0 aromatic carbocycles. The first-order valence-corrected chi connectivity index (χ1v) is 6.56. The van der Waals surface area contributed by atoms with Crippen molar-refractivity contribution in [2.75, 3.05) is 33.7 Å². The average molecular weight is 268 g/mol. The van der Waals surface area contributed by atoms with Crippen LogP contribution in [-0.4, -0.2) is 68.5 Å². The first kappa shape index (κ1) is 16.3. The van der Waals surface area contributed by atoms with E-state index in [1.807, 2.05) is 19.0 Å². The van der Waals surface area contributed by atoms with Gasteiger partial charge in [0.05, 0.1) is 0 Å². The van der Waals surface area contributed by atoms with E-state index in [0.717, 1.165) is 4.31 Å². The van der Waals surface area contributed by atoms with Crippen molar-refractivity contribution in [2.24, 2.45) is 10.9 Å². The number of rotatable bonds is 8. The molecule has 0 aromatic rings. The Hall–Kier alpha value is -0.740. The number of hydrogen-bond donors (Lipinski definition) is 3. The fraction of sp³-hybridized carbons (Fsp3) is 0.875. The van der Waals surface area contributed by atoms with Gasteiger partial charge in [-0.2, -0.15) is 12.7 Å². The van der Waals surface area contributed by atoms with Crippen molar-refractivity contribution >= 4 is 16.2 Å². The van der Waals surface area contributed by atoms with Gasteiger partial charge >= 0.3 is 5.97 Å². The third-order valence-corrected chi connectivity index (χ3v) is 3.14. The highest BCUT2D eigenvalue weighted by molar-refractivity contribution is 7.86. The van der Waals surface area contributed by atoms with E-state index in [-0.39, 0.29) is 13.1 Å². The van der Waals surface area contributed by atoms with E-state index in [0.29, 0.717) is 13.0 Å². The first-order chi connectivity index (χ1) is 7.64. The topological polar surface area (TPSA) is 130 Å². The van der Waals surface area contributed by atoms with Crippen LogP contribution in [0.15, 0.2) is 0 Å². The largest absolute Gasteiger partial charge is 0.480 e. The molecule has 0 spiro atoms. The number of carboxylic acids is 1. The minimum absolute atomic E-state index is 0.151. The van der Waals surface area contributed by atoms with Gasteiger partial charge in [-0.1, -0.05) is 0 Å². The summed E-state index contributed by atoms with van der Waals surface area (Å²) in [6.45, 7) is 0.508. The smallest absolute Gasteiger partial charge is 0.321 e. The second-order valence-corrected chi connectivity index (χ2v) is 5.55. The Morgan fingerprint density at radius 1 is 1.35 bits per heavy atom. The molecule has 0 saturated carbocycles. The maximum absolute atomic E-state index is 11.2. The molecule has 0 aliphatic carbocycles. The molecule has 0 aliphatic rings. The lowest BCUT2D eigenvalue weighted by molar-refractivity contribution is -0.138. The summed E-state index contributed by atoms with van der Waals surface area (Å²) in [5.74, 6) is -1.26. The first-order valence-electron chi connectivity index (χ1n) is 5.05. The third-order valence-electron chi connectivity index (χ3n) is 2.09. The number of nitrogens with two attached hydrogens (primary N) is 2. The van der Waals surface area contributed by atoms with Gasteiger partial charge in [-0.05, 0) is 27.1 Å². The highest BCUT2D eigenvalue weighted by Crippen LogP contribution is 1.99. The van der Waals surface area contributed by atoms with Crippen molar-refractivity contribution in [2.45, 2.75) is 12.5 Å². The maximum Gasteiger partial charge on any atom is 0.321 e. The molecule has 0 aliphatic heterocycles. The summed E-state index contributed by atoms with van der Waals surface area (Å²) in [6, 6.07) is -1.27. The van der Waals surface area contributed by atoms with E-state index in [1.54, 1.807) is 0 Å². The Morgan fingerprint density at radius 2 is 1.88 bits per heavy atom. The fourth-order valence-corrected chi connectivity index (χ4v) is 1.94. The number of nitrogens with zero attached hydrogens (tertiary/aromatic N) is 2. The molecule has 5 N–H and O–H groups in total.